The standard InChI is InChI=1S/C15H13N7O5/c1-10-13(21(24)25)7-11(8-14(10)22(26)27)17-15(23)12-3-6-20(18-12)9-19-5-2-4-16-19/h2-8H,9H2,1H3,(H,17,23). The van der Waals surface area contributed by atoms with Gasteiger partial charge < -0.3 is 5.32 Å². The number of hydrogen-bond acceptors (Lipinski definition) is 7. The third kappa shape index (κ3) is 3.78. The Labute approximate surface area is 151 Å². The molecule has 12 heteroatoms. The van der Waals surface area contributed by atoms with Crippen LogP contribution in [-0.4, -0.2) is 35.3 Å². The predicted molar refractivity (Wildman–Crippen MR) is 92.3 cm³/mol. The molecule has 3 aromatic rings. The van der Waals surface area contributed by atoms with Crippen molar-refractivity contribution in [1.29, 1.82) is 0 Å². The molecule has 1 aromatic carbocycles. The lowest BCUT2D eigenvalue weighted by molar-refractivity contribution is -0.395. The zero-order chi connectivity index (χ0) is 19.6. The summed E-state index contributed by atoms with van der Waals surface area (Å²) in [5.41, 5.74) is -1.02. The summed E-state index contributed by atoms with van der Waals surface area (Å²) in [5.74, 6) is -0.651. The molecule has 0 aliphatic heterocycles. The number of aromatic nitrogens is 4. The number of nitrogens with zero attached hydrogens (tertiary/aromatic N) is 6. The minimum absolute atomic E-state index is 0.0491. The zero-order valence-corrected chi connectivity index (χ0v) is 14.0. The van der Waals surface area contributed by atoms with Gasteiger partial charge >= 0.3 is 0 Å². The van der Waals surface area contributed by atoms with Crippen LogP contribution < -0.4 is 5.32 Å². The number of benzene rings is 1. The Hall–Kier alpha value is -4.09. The van der Waals surface area contributed by atoms with Crippen LogP contribution in [0.3, 0.4) is 0 Å². The third-order valence-electron chi connectivity index (χ3n) is 3.73. The van der Waals surface area contributed by atoms with Gasteiger partial charge in [0, 0.05) is 30.7 Å². The van der Waals surface area contributed by atoms with E-state index in [1.54, 1.807) is 29.3 Å². The molecule has 0 saturated heterocycles. The van der Waals surface area contributed by atoms with Gasteiger partial charge in [0.2, 0.25) is 0 Å². The average Bonchev–Trinajstić information content (AvgIpc) is 3.28. The molecule has 0 aliphatic carbocycles. The lowest BCUT2D eigenvalue weighted by Crippen LogP contribution is -2.15. The molecule has 12 nitrogen and oxygen atoms in total. The minimum Gasteiger partial charge on any atom is -0.320 e. The van der Waals surface area contributed by atoms with Gasteiger partial charge in [-0.05, 0) is 19.1 Å². The number of amides is 1. The smallest absolute Gasteiger partial charge is 0.281 e. The van der Waals surface area contributed by atoms with E-state index in [1.165, 1.54) is 17.7 Å². The van der Waals surface area contributed by atoms with Gasteiger partial charge in [-0.15, -0.1) is 0 Å². The number of rotatable bonds is 6. The molecule has 3 rings (SSSR count). The monoisotopic (exact) mass is 371 g/mol. The van der Waals surface area contributed by atoms with Crippen molar-refractivity contribution in [2.24, 2.45) is 0 Å². The second-order valence-electron chi connectivity index (χ2n) is 5.54. The molecule has 0 spiro atoms. The summed E-state index contributed by atoms with van der Waals surface area (Å²) in [4.78, 5) is 33.1. The van der Waals surface area contributed by atoms with E-state index < -0.39 is 27.1 Å². The van der Waals surface area contributed by atoms with Gasteiger partial charge in [-0.3, -0.25) is 34.4 Å². The fourth-order valence-electron chi connectivity index (χ4n) is 2.42. The summed E-state index contributed by atoms with van der Waals surface area (Å²) in [6.07, 6.45) is 4.90. The lowest BCUT2D eigenvalue weighted by Gasteiger charge is -2.06. The average molecular weight is 371 g/mol. The first kappa shape index (κ1) is 17.7. The highest BCUT2D eigenvalue weighted by atomic mass is 16.6. The molecule has 0 saturated carbocycles. The quantitative estimate of drug-likeness (QED) is 0.513. The van der Waals surface area contributed by atoms with Gasteiger partial charge in [0.25, 0.3) is 17.3 Å². The first-order chi connectivity index (χ1) is 12.8. The maximum absolute atomic E-state index is 12.3. The molecule has 0 unspecified atom stereocenters. The first-order valence-corrected chi connectivity index (χ1v) is 7.61. The maximum atomic E-state index is 12.3. The Morgan fingerprint density at radius 1 is 1.15 bits per heavy atom. The van der Waals surface area contributed by atoms with E-state index in [-0.39, 0.29) is 16.9 Å². The summed E-state index contributed by atoms with van der Waals surface area (Å²) in [5, 5.41) is 32.7. The molecule has 0 fully saturated rings. The van der Waals surface area contributed by atoms with E-state index in [0.29, 0.717) is 6.67 Å². The molecular weight excluding hydrogens is 358 g/mol. The van der Waals surface area contributed by atoms with E-state index in [0.717, 1.165) is 12.1 Å². The van der Waals surface area contributed by atoms with E-state index in [4.69, 9.17) is 0 Å². The molecule has 1 N–H and O–H groups in total. The van der Waals surface area contributed by atoms with Crippen LogP contribution >= 0.6 is 0 Å². The van der Waals surface area contributed by atoms with Crippen molar-refractivity contribution in [2.75, 3.05) is 5.32 Å². The summed E-state index contributed by atoms with van der Waals surface area (Å²) in [7, 11) is 0. The van der Waals surface area contributed by atoms with Crippen molar-refractivity contribution in [3.63, 3.8) is 0 Å². The van der Waals surface area contributed by atoms with Gasteiger partial charge in [0.05, 0.1) is 15.5 Å². The number of nitro benzene ring substituents is 2. The van der Waals surface area contributed by atoms with E-state index in [1.807, 2.05) is 0 Å². The molecule has 0 bridgehead atoms. The first-order valence-electron chi connectivity index (χ1n) is 7.61. The Morgan fingerprint density at radius 3 is 2.37 bits per heavy atom. The molecule has 1 amide bonds. The highest BCUT2D eigenvalue weighted by molar-refractivity contribution is 6.03. The highest BCUT2D eigenvalue weighted by Crippen LogP contribution is 2.31. The Bertz CT molecular complexity index is 990. The van der Waals surface area contributed by atoms with Crippen molar-refractivity contribution in [1.82, 2.24) is 19.6 Å². The molecule has 27 heavy (non-hydrogen) atoms. The van der Waals surface area contributed by atoms with Crippen LogP contribution in [0.25, 0.3) is 0 Å². The largest absolute Gasteiger partial charge is 0.320 e. The van der Waals surface area contributed by atoms with Crippen LogP contribution in [0.4, 0.5) is 17.1 Å². The number of nitro groups is 2. The van der Waals surface area contributed by atoms with Gasteiger partial charge in [-0.1, -0.05) is 0 Å². The maximum Gasteiger partial charge on any atom is 0.281 e. The van der Waals surface area contributed by atoms with Crippen molar-refractivity contribution < 1.29 is 14.6 Å². The number of anilines is 1. The van der Waals surface area contributed by atoms with Crippen molar-refractivity contribution in [3.05, 3.63) is 74.3 Å². The highest BCUT2D eigenvalue weighted by Gasteiger charge is 2.24. The second-order valence-corrected chi connectivity index (χ2v) is 5.54. The second kappa shape index (κ2) is 7.03. The van der Waals surface area contributed by atoms with Gasteiger partial charge in [0.1, 0.15) is 12.2 Å². The van der Waals surface area contributed by atoms with Gasteiger partial charge in [-0.2, -0.15) is 10.2 Å². The normalized spacial score (nSPS) is 10.6. The van der Waals surface area contributed by atoms with Crippen LogP contribution in [0.15, 0.2) is 42.9 Å². The van der Waals surface area contributed by atoms with Crippen LogP contribution in [-0.2, 0) is 6.67 Å². The third-order valence-corrected chi connectivity index (χ3v) is 3.73. The fourth-order valence-corrected chi connectivity index (χ4v) is 2.42. The summed E-state index contributed by atoms with van der Waals surface area (Å²) < 4.78 is 3.07. The van der Waals surface area contributed by atoms with Crippen LogP contribution in [0, 0.1) is 27.2 Å². The number of carbonyl (C=O) groups excluding carboxylic acids is 1. The summed E-state index contributed by atoms with van der Waals surface area (Å²) in [6, 6.07) is 5.34. The fraction of sp³-hybridized carbons (Fsp3) is 0.133. The summed E-state index contributed by atoms with van der Waals surface area (Å²) in [6.45, 7) is 1.57. The molecule has 2 aromatic heterocycles. The van der Waals surface area contributed by atoms with Crippen LogP contribution in [0.2, 0.25) is 0 Å². The van der Waals surface area contributed by atoms with Crippen LogP contribution in [0.5, 0.6) is 0 Å². The topological polar surface area (TPSA) is 151 Å². The van der Waals surface area contributed by atoms with Crippen molar-refractivity contribution >= 4 is 23.0 Å². The predicted octanol–water partition coefficient (Wildman–Crippen LogP) is 1.96. The Balaban J connectivity index is 1.82. The van der Waals surface area contributed by atoms with Crippen molar-refractivity contribution in [2.45, 2.75) is 13.6 Å². The lowest BCUT2D eigenvalue weighted by atomic mass is 10.1. The Morgan fingerprint density at radius 2 is 1.81 bits per heavy atom. The zero-order valence-electron chi connectivity index (χ0n) is 14.0. The van der Waals surface area contributed by atoms with Crippen molar-refractivity contribution in [3.8, 4) is 0 Å². The van der Waals surface area contributed by atoms with E-state index >= 15 is 0 Å². The molecular formula is C15H13N7O5. The number of carbonyl (C=O) groups is 1. The van der Waals surface area contributed by atoms with Crippen LogP contribution in [0.1, 0.15) is 16.1 Å². The minimum atomic E-state index is -0.739. The molecule has 138 valence electrons. The Kier molecular flexibility index (Phi) is 4.62. The van der Waals surface area contributed by atoms with Gasteiger partial charge in [0.15, 0.2) is 5.69 Å². The molecule has 0 radical (unpaired) electrons. The molecule has 0 atom stereocenters. The number of hydrogen-bond donors (Lipinski definition) is 1. The summed E-state index contributed by atoms with van der Waals surface area (Å²) >= 11 is 0. The molecule has 2 heterocycles. The van der Waals surface area contributed by atoms with Gasteiger partial charge in [-0.25, -0.2) is 0 Å². The number of nitrogens with one attached hydrogen (secondary N) is 1. The molecule has 0 aliphatic rings. The SMILES string of the molecule is Cc1c([N+](=O)[O-])cc(NC(=O)c2ccn(Cn3cccn3)n2)cc1[N+](=O)[O-]. The van der Waals surface area contributed by atoms with E-state index in [9.17, 15) is 25.0 Å². The van der Waals surface area contributed by atoms with E-state index in [2.05, 4.69) is 15.5 Å².